The number of carbonyl (C=O) groups excluding carboxylic acids is 2. The standard InChI is InChI=1S/C14H14N2O4/c1-14-7-10(12(18)19)15(8-14)13(20)16(14)11(17)9-5-3-2-4-6-9/h2-6,10H,7-8H2,1H3,(H,18,19)/t10?,14-/m0/s1. The Balaban J connectivity index is 1.93. The monoisotopic (exact) mass is 274 g/mol. The number of hydrogen-bond donors (Lipinski definition) is 1. The number of hydrogen-bond acceptors (Lipinski definition) is 3. The van der Waals surface area contributed by atoms with E-state index in [1.54, 1.807) is 37.3 Å². The summed E-state index contributed by atoms with van der Waals surface area (Å²) in [7, 11) is 0. The van der Waals surface area contributed by atoms with Gasteiger partial charge in [0.2, 0.25) is 0 Å². The largest absolute Gasteiger partial charge is 0.480 e. The van der Waals surface area contributed by atoms with E-state index >= 15 is 0 Å². The molecular formula is C14H14N2O4. The molecule has 0 radical (unpaired) electrons. The van der Waals surface area contributed by atoms with Crippen molar-refractivity contribution in [1.29, 1.82) is 0 Å². The van der Waals surface area contributed by atoms with Gasteiger partial charge < -0.3 is 10.0 Å². The number of carboxylic acids is 1. The lowest BCUT2D eigenvalue weighted by molar-refractivity contribution is -0.141. The number of carboxylic acid groups (broad SMARTS) is 1. The average molecular weight is 274 g/mol. The van der Waals surface area contributed by atoms with Crippen molar-refractivity contribution in [2.75, 3.05) is 6.54 Å². The summed E-state index contributed by atoms with van der Waals surface area (Å²) in [6.45, 7) is 2.04. The van der Waals surface area contributed by atoms with Crippen molar-refractivity contribution >= 4 is 17.9 Å². The Morgan fingerprint density at radius 1 is 1.30 bits per heavy atom. The summed E-state index contributed by atoms with van der Waals surface area (Å²) in [4.78, 5) is 38.3. The number of benzene rings is 1. The van der Waals surface area contributed by atoms with Crippen LogP contribution in [0.4, 0.5) is 4.79 Å². The molecule has 6 heteroatoms. The molecule has 0 spiro atoms. The molecule has 0 aromatic heterocycles. The van der Waals surface area contributed by atoms with Crippen molar-refractivity contribution in [3.63, 3.8) is 0 Å². The van der Waals surface area contributed by atoms with Gasteiger partial charge in [0, 0.05) is 18.5 Å². The fourth-order valence-electron chi connectivity index (χ4n) is 3.05. The molecule has 3 rings (SSSR count). The van der Waals surface area contributed by atoms with E-state index in [1.165, 1.54) is 9.80 Å². The van der Waals surface area contributed by atoms with Crippen LogP contribution in [0.25, 0.3) is 0 Å². The van der Waals surface area contributed by atoms with Gasteiger partial charge in [-0.1, -0.05) is 18.2 Å². The molecule has 104 valence electrons. The van der Waals surface area contributed by atoms with Gasteiger partial charge in [0.1, 0.15) is 6.04 Å². The summed E-state index contributed by atoms with van der Waals surface area (Å²) in [6.07, 6.45) is 0.270. The van der Waals surface area contributed by atoms with Crippen LogP contribution in [-0.2, 0) is 4.79 Å². The Labute approximate surface area is 115 Å². The van der Waals surface area contributed by atoms with Gasteiger partial charge in [-0.05, 0) is 19.1 Å². The van der Waals surface area contributed by atoms with E-state index in [0.717, 1.165) is 0 Å². The molecule has 2 aliphatic heterocycles. The number of amides is 3. The number of nitrogens with zero attached hydrogens (tertiary/aromatic N) is 2. The molecule has 1 aromatic carbocycles. The van der Waals surface area contributed by atoms with Crippen LogP contribution in [0, 0.1) is 0 Å². The van der Waals surface area contributed by atoms with Gasteiger partial charge in [-0.15, -0.1) is 0 Å². The van der Waals surface area contributed by atoms with Crippen LogP contribution < -0.4 is 0 Å². The Morgan fingerprint density at radius 2 is 1.95 bits per heavy atom. The first kappa shape index (κ1) is 12.7. The van der Waals surface area contributed by atoms with Crippen molar-refractivity contribution in [2.45, 2.75) is 24.9 Å². The lowest BCUT2D eigenvalue weighted by Crippen LogP contribution is -2.55. The molecule has 20 heavy (non-hydrogen) atoms. The topological polar surface area (TPSA) is 77.9 Å². The molecule has 2 saturated heterocycles. The highest BCUT2D eigenvalue weighted by Gasteiger charge is 2.60. The summed E-state index contributed by atoms with van der Waals surface area (Å²) in [5.41, 5.74) is -0.310. The zero-order valence-corrected chi connectivity index (χ0v) is 10.9. The molecule has 0 saturated carbocycles. The molecule has 1 aromatic rings. The van der Waals surface area contributed by atoms with Crippen molar-refractivity contribution < 1.29 is 19.5 Å². The van der Waals surface area contributed by atoms with Gasteiger partial charge in [0.25, 0.3) is 5.91 Å². The molecule has 3 amide bonds. The van der Waals surface area contributed by atoms with Crippen LogP contribution in [0.1, 0.15) is 23.7 Å². The fourth-order valence-corrected chi connectivity index (χ4v) is 3.05. The molecule has 6 nitrogen and oxygen atoms in total. The Kier molecular flexibility index (Phi) is 2.57. The van der Waals surface area contributed by atoms with Crippen molar-refractivity contribution in [3.8, 4) is 0 Å². The Bertz CT molecular complexity index is 600. The van der Waals surface area contributed by atoms with Crippen molar-refractivity contribution in [1.82, 2.24) is 9.80 Å². The quantitative estimate of drug-likeness (QED) is 0.878. The molecule has 0 aliphatic carbocycles. The lowest BCUT2D eigenvalue weighted by atomic mass is 9.95. The first-order chi connectivity index (χ1) is 9.44. The first-order valence-corrected chi connectivity index (χ1v) is 6.37. The maximum absolute atomic E-state index is 12.5. The number of rotatable bonds is 2. The van der Waals surface area contributed by atoms with Crippen LogP contribution >= 0.6 is 0 Å². The predicted octanol–water partition coefficient (Wildman–Crippen LogP) is 1.18. The fraction of sp³-hybridized carbons (Fsp3) is 0.357. The van der Waals surface area contributed by atoms with E-state index < -0.39 is 23.6 Å². The van der Waals surface area contributed by atoms with Gasteiger partial charge in [0.05, 0.1) is 5.54 Å². The second kappa shape index (κ2) is 4.06. The normalized spacial score (nSPS) is 28.1. The number of aliphatic carboxylic acids is 1. The molecule has 2 fully saturated rings. The van der Waals surface area contributed by atoms with Gasteiger partial charge in [-0.25, -0.2) is 9.59 Å². The van der Waals surface area contributed by atoms with E-state index in [2.05, 4.69) is 0 Å². The maximum Gasteiger partial charge on any atom is 0.328 e. The minimum atomic E-state index is -1.02. The third-order valence-corrected chi connectivity index (χ3v) is 4.01. The van der Waals surface area contributed by atoms with Crippen LogP contribution in [0.15, 0.2) is 30.3 Å². The summed E-state index contributed by atoms with van der Waals surface area (Å²) in [5.74, 6) is -1.39. The molecule has 1 unspecified atom stereocenters. The Hall–Kier alpha value is -2.37. The third kappa shape index (κ3) is 1.61. The van der Waals surface area contributed by atoms with Gasteiger partial charge >= 0.3 is 12.0 Å². The highest BCUT2D eigenvalue weighted by Crippen LogP contribution is 2.41. The smallest absolute Gasteiger partial charge is 0.328 e. The van der Waals surface area contributed by atoms with E-state index in [-0.39, 0.29) is 18.9 Å². The van der Waals surface area contributed by atoms with Crippen LogP contribution in [-0.4, -0.2) is 50.9 Å². The van der Waals surface area contributed by atoms with Crippen LogP contribution in [0.5, 0.6) is 0 Å². The number of imide groups is 1. The van der Waals surface area contributed by atoms with Gasteiger partial charge in [-0.2, -0.15) is 0 Å². The Morgan fingerprint density at radius 3 is 2.50 bits per heavy atom. The zero-order chi connectivity index (χ0) is 14.5. The first-order valence-electron chi connectivity index (χ1n) is 6.37. The predicted molar refractivity (Wildman–Crippen MR) is 69.2 cm³/mol. The second-order valence-corrected chi connectivity index (χ2v) is 5.47. The zero-order valence-electron chi connectivity index (χ0n) is 10.9. The number of fused-ring (bicyclic) bond motifs is 2. The van der Waals surface area contributed by atoms with Crippen molar-refractivity contribution in [2.24, 2.45) is 0 Å². The van der Waals surface area contributed by atoms with Gasteiger partial charge in [-0.3, -0.25) is 9.69 Å². The lowest BCUT2D eigenvalue weighted by Gasteiger charge is -2.34. The summed E-state index contributed by atoms with van der Waals surface area (Å²) in [6, 6.07) is 7.21. The third-order valence-electron chi connectivity index (χ3n) is 4.01. The minimum Gasteiger partial charge on any atom is -0.480 e. The highest BCUT2D eigenvalue weighted by molar-refractivity contribution is 6.07. The molecule has 2 heterocycles. The van der Waals surface area contributed by atoms with Crippen LogP contribution in [0.2, 0.25) is 0 Å². The number of urea groups is 1. The van der Waals surface area contributed by atoms with Crippen molar-refractivity contribution in [3.05, 3.63) is 35.9 Å². The van der Waals surface area contributed by atoms with E-state index in [4.69, 9.17) is 5.11 Å². The summed E-state index contributed by atoms with van der Waals surface area (Å²) >= 11 is 0. The van der Waals surface area contributed by atoms with E-state index in [9.17, 15) is 14.4 Å². The van der Waals surface area contributed by atoms with E-state index in [1.807, 2.05) is 0 Å². The minimum absolute atomic E-state index is 0.270. The molecule has 2 bridgehead atoms. The summed E-state index contributed by atoms with van der Waals surface area (Å²) < 4.78 is 0. The molecule has 2 aliphatic rings. The maximum atomic E-state index is 12.5. The SMILES string of the molecule is C[C@]12CC(C(=O)O)N(C1)C(=O)N2C(=O)c1ccccc1. The van der Waals surface area contributed by atoms with E-state index in [0.29, 0.717) is 5.56 Å². The summed E-state index contributed by atoms with van der Waals surface area (Å²) in [5, 5.41) is 9.11. The second-order valence-electron chi connectivity index (χ2n) is 5.47. The van der Waals surface area contributed by atoms with Gasteiger partial charge in [0.15, 0.2) is 0 Å². The molecular weight excluding hydrogens is 260 g/mol. The molecule has 2 atom stereocenters. The number of carbonyl (C=O) groups is 3. The highest BCUT2D eigenvalue weighted by atomic mass is 16.4. The average Bonchev–Trinajstić information content (AvgIpc) is 2.90. The van der Waals surface area contributed by atoms with Crippen LogP contribution in [0.3, 0.4) is 0 Å². The molecule has 1 N–H and O–H groups in total.